The van der Waals surface area contributed by atoms with Crippen molar-refractivity contribution in [2.75, 3.05) is 13.7 Å². The number of carbonyl (C=O) groups is 1. The topological polar surface area (TPSA) is 58.6 Å². The van der Waals surface area contributed by atoms with Gasteiger partial charge < -0.3 is 15.2 Å². The summed E-state index contributed by atoms with van der Waals surface area (Å²) in [6, 6.07) is 5.67. The fourth-order valence-electron chi connectivity index (χ4n) is 2.83. The molecule has 2 unspecified atom stereocenters. The summed E-state index contributed by atoms with van der Waals surface area (Å²) in [5.41, 5.74) is 1.07. The summed E-state index contributed by atoms with van der Waals surface area (Å²) in [4.78, 5) is 11.1. The van der Waals surface area contributed by atoms with E-state index in [9.17, 15) is 4.79 Å². The number of aliphatic carboxylic acids is 1. The first-order chi connectivity index (χ1) is 9.61. The van der Waals surface area contributed by atoms with Crippen molar-refractivity contribution >= 4 is 17.6 Å². The van der Waals surface area contributed by atoms with Crippen LogP contribution < -0.4 is 10.1 Å². The van der Waals surface area contributed by atoms with Crippen molar-refractivity contribution in [1.82, 2.24) is 5.32 Å². The Hall–Kier alpha value is -1.26. The maximum atomic E-state index is 11.1. The van der Waals surface area contributed by atoms with Gasteiger partial charge >= 0.3 is 5.97 Å². The van der Waals surface area contributed by atoms with Crippen molar-refractivity contribution < 1.29 is 14.6 Å². The zero-order valence-electron chi connectivity index (χ0n) is 11.6. The average Bonchev–Trinajstić information content (AvgIpc) is 2.87. The van der Waals surface area contributed by atoms with E-state index in [0.29, 0.717) is 17.3 Å². The molecule has 0 aromatic heterocycles. The van der Waals surface area contributed by atoms with Gasteiger partial charge in [-0.25, -0.2) is 0 Å². The molecule has 1 aliphatic carbocycles. The molecule has 0 spiro atoms. The van der Waals surface area contributed by atoms with E-state index in [1.165, 1.54) is 0 Å². The van der Waals surface area contributed by atoms with Gasteiger partial charge in [-0.3, -0.25) is 4.79 Å². The van der Waals surface area contributed by atoms with Crippen LogP contribution in [0.3, 0.4) is 0 Å². The van der Waals surface area contributed by atoms with Crippen LogP contribution in [-0.4, -0.2) is 24.7 Å². The molecule has 0 heterocycles. The minimum Gasteiger partial charge on any atom is -0.495 e. The van der Waals surface area contributed by atoms with Crippen LogP contribution in [0.25, 0.3) is 0 Å². The zero-order valence-corrected chi connectivity index (χ0v) is 12.3. The number of methoxy groups -OCH3 is 1. The lowest BCUT2D eigenvalue weighted by Gasteiger charge is -2.16. The van der Waals surface area contributed by atoms with E-state index in [4.69, 9.17) is 21.4 Å². The Bertz CT molecular complexity index is 478. The molecule has 110 valence electrons. The van der Waals surface area contributed by atoms with Gasteiger partial charge in [0.1, 0.15) is 5.75 Å². The second-order valence-corrected chi connectivity index (χ2v) is 5.64. The second-order valence-electron chi connectivity index (χ2n) is 5.24. The van der Waals surface area contributed by atoms with Crippen LogP contribution in [0.2, 0.25) is 5.02 Å². The van der Waals surface area contributed by atoms with Crippen molar-refractivity contribution in [2.45, 2.75) is 25.8 Å². The highest BCUT2D eigenvalue weighted by atomic mass is 35.5. The van der Waals surface area contributed by atoms with E-state index < -0.39 is 5.97 Å². The molecule has 1 fully saturated rings. The van der Waals surface area contributed by atoms with Crippen LogP contribution >= 0.6 is 11.6 Å². The third-order valence-corrected chi connectivity index (χ3v) is 4.22. The highest BCUT2D eigenvalue weighted by Crippen LogP contribution is 2.31. The van der Waals surface area contributed by atoms with Crippen LogP contribution in [-0.2, 0) is 11.3 Å². The lowest BCUT2D eigenvalue weighted by atomic mass is 9.96. The van der Waals surface area contributed by atoms with Crippen molar-refractivity contribution in [3.05, 3.63) is 28.8 Å². The Morgan fingerprint density at radius 1 is 1.50 bits per heavy atom. The Labute approximate surface area is 124 Å². The van der Waals surface area contributed by atoms with Gasteiger partial charge in [0.15, 0.2) is 0 Å². The summed E-state index contributed by atoms with van der Waals surface area (Å²) in [5.74, 6) is 0.0436. The largest absolute Gasteiger partial charge is 0.495 e. The standard InChI is InChI=1S/C15H20ClNO3/c1-20-14-6-5-10(7-13(14)16)8-17-9-11-3-2-4-12(11)15(18)19/h5-7,11-12,17H,2-4,8-9H2,1H3,(H,18,19). The van der Waals surface area contributed by atoms with Crippen molar-refractivity contribution in [1.29, 1.82) is 0 Å². The molecule has 2 N–H and O–H groups in total. The molecular formula is C15H20ClNO3. The minimum atomic E-state index is -0.665. The van der Waals surface area contributed by atoms with Crippen LogP contribution in [0, 0.1) is 11.8 Å². The maximum absolute atomic E-state index is 11.1. The van der Waals surface area contributed by atoms with Crippen molar-refractivity contribution in [2.24, 2.45) is 11.8 Å². The number of carboxylic acid groups (broad SMARTS) is 1. The SMILES string of the molecule is COc1ccc(CNCC2CCCC2C(=O)O)cc1Cl. The van der Waals surface area contributed by atoms with E-state index in [2.05, 4.69) is 5.32 Å². The van der Waals surface area contributed by atoms with Gasteiger partial charge in [0.05, 0.1) is 18.1 Å². The number of nitrogens with one attached hydrogen (secondary N) is 1. The summed E-state index contributed by atoms with van der Waals surface area (Å²) in [6.45, 7) is 1.42. The van der Waals surface area contributed by atoms with Gasteiger partial charge in [-0.1, -0.05) is 24.1 Å². The lowest BCUT2D eigenvalue weighted by Crippen LogP contribution is -2.28. The van der Waals surface area contributed by atoms with Crippen LogP contribution in [0.15, 0.2) is 18.2 Å². The number of ether oxygens (including phenoxy) is 1. The number of rotatable bonds is 6. The smallest absolute Gasteiger partial charge is 0.306 e. The Morgan fingerprint density at radius 3 is 2.95 bits per heavy atom. The van der Waals surface area contributed by atoms with Gasteiger partial charge in [-0.2, -0.15) is 0 Å². The highest BCUT2D eigenvalue weighted by molar-refractivity contribution is 6.32. The first-order valence-electron chi connectivity index (χ1n) is 6.87. The van der Waals surface area contributed by atoms with E-state index >= 15 is 0 Å². The normalized spacial score (nSPS) is 21.9. The van der Waals surface area contributed by atoms with E-state index in [1.54, 1.807) is 7.11 Å². The van der Waals surface area contributed by atoms with Gasteiger partial charge in [0.25, 0.3) is 0 Å². The van der Waals surface area contributed by atoms with Crippen LogP contribution in [0.4, 0.5) is 0 Å². The highest BCUT2D eigenvalue weighted by Gasteiger charge is 2.32. The third kappa shape index (κ3) is 3.64. The van der Waals surface area contributed by atoms with Gasteiger partial charge in [0, 0.05) is 6.54 Å². The summed E-state index contributed by atoms with van der Waals surface area (Å²) in [7, 11) is 1.59. The maximum Gasteiger partial charge on any atom is 0.306 e. The average molecular weight is 298 g/mol. The fraction of sp³-hybridized carbons (Fsp3) is 0.533. The molecule has 2 rings (SSSR count). The number of benzene rings is 1. The summed E-state index contributed by atoms with van der Waals surface area (Å²) in [6.07, 6.45) is 2.81. The van der Waals surface area contributed by atoms with Crippen LogP contribution in [0.1, 0.15) is 24.8 Å². The number of carboxylic acids is 1. The molecule has 1 aliphatic rings. The Balaban J connectivity index is 1.84. The molecule has 0 amide bonds. The molecule has 1 saturated carbocycles. The predicted octanol–water partition coefficient (Wildman–Crippen LogP) is 2.94. The first kappa shape index (κ1) is 15.1. The zero-order chi connectivity index (χ0) is 14.5. The Kier molecular flexibility index (Phi) is 5.26. The molecule has 5 heteroatoms. The van der Waals surface area contributed by atoms with Gasteiger partial charge in [0.2, 0.25) is 0 Å². The molecule has 1 aromatic rings. The van der Waals surface area contributed by atoms with Crippen LogP contribution in [0.5, 0.6) is 5.75 Å². The minimum absolute atomic E-state index is 0.193. The van der Waals surface area contributed by atoms with E-state index in [-0.39, 0.29) is 11.8 Å². The summed E-state index contributed by atoms with van der Waals surface area (Å²) >= 11 is 6.07. The molecule has 0 saturated heterocycles. The monoisotopic (exact) mass is 297 g/mol. The molecule has 0 radical (unpaired) electrons. The van der Waals surface area contributed by atoms with E-state index in [0.717, 1.165) is 31.4 Å². The lowest BCUT2D eigenvalue weighted by molar-refractivity contribution is -0.142. The molecule has 4 nitrogen and oxygen atoms in total. The van der Waals surface area contributed by atoms with Crippen molar-refractivity contribution in [3.63, 3.8) is 0 Å². The quantitative estimate of drug-likeness (QED) is 0.847. The molecule has 1 aromatic carbocycles. The number of hydrogen-bond acceptors (Lipinski definition) is 3. The molecule has 0 aliphatic heterocycles. The van der Waals surface area contributed by atoms with Gasteiger partial charge in [-0.05, 0) is 43.0 Å². The second kappa shape index (κ2) is 6.95. The molecule has 0 bridgehead atoms. The molecular weight excluding hydrogens is 278 g/mol. The molecule has 2 atom stereocenters. The predicted molar refractivity (Wildman–Crippen MR) is 78.2 cm³/mol. The first-order valence-corrected chi connectivity index (χ1v) is 7.25. The summed E-state index contributed by atoms with van der Waals surface area (Å²) < 4.78 is 5.11. The van der Waals surface area contributed by atoms with Gasteiger partial charge in [-0.15, -0.1) is 0 Å². The number of halogens is 1. The van der Waals surface area contributed by atoms with Crippen molar-refractivity contribution in [3.8, 4) is 5.75 Å². The summed E-state index contributed by atoms with van der Waals surface area (Å²) in [5, 5.41) is 13.1. The molecule has 20 heavy (non-hydrogen) atoms. The van der Waals surface area contributed by atoms with E-state index in [1.807, 2.05) is 18.2 Å². The number of hydrogen-bond donors (Lipinski definition) is 2. The third-order valence-electron chi connectivity index (χ3n) is 3.93. The Morgan fingerprint density at radius 2 is 2.30 bits per heavy atom. The fourth-order valence-corrected chi connectivity index (χ4v) is 3.11.